The van der Waals surface area contributed by atoms with Gasteiger partial charge in [0.15, 0.2) is 5.69 Å². The number of hydrogen-bond donors (Lipinski definition) is 1. The van der Waals surface area contributed by atoms with Gasteiger partial charge in [-0.05, 0) is 12.3 Å². The molecule has 0 radical (unpaired) electrons. The Hall–Kier alpha value is -1.49. The average Bonchev–Trinajstić information content (AvgIpc) is 3.25. The lowest BCUT2D eigenvalue weighted by Gasteiger charge is -2.05. The molecule has 6 nitrogen and oxygen atoms in total. The summed E-state index contributed by atoms with van der Waals surface area (Å²) in [5, 5.41) is 6.60. The van der Waals surface area contributed by atoms with E-state index in [0.29, 0.717) is 29.5 Å². The smallest absolute Gasteiger partial charge is 0.262 e. The number of H-pyrrole nitrogens is 1. The first-order valence-corrected chi connectivity index (χ1v) is 10.4. The normalized spacial score (nSPS) is 16.6. The van der Waals surface area contributed by atoms with Crippen molar-refractivity contribution in [3.8, 4) is 0 Å². The summed E-state index contributed by atoms with van der Waals surface area (Å²) >= 11 is 0.656. The molecule has 0 unspecified atom stereocenters. The molecule has 0 bridgehead atoms. The molecule has 138 valence electrons. The lowest BCUT2D eigenvalue weighted by Crippen LogP contribution is -2.09. The van der Waals surface area contributed by atoms with Crippen molar-refractivity contribution >= 4 is 21.2 Å². The lowest BCUT2D eigenvalue weighted by atomic mass is 10.0. The van der Waals surface area contributed by atoms with E-state index in [1.165, 1.54) is 25.7 Å². The summed E-state index contributed by atoms with van der Waals surface area (Å²) in [6.07, 6.45) is 1.79. The Bertz CT molecular complexity index is 823. The quantitative estimate of drug-likeness (QED) is 0.811. The highest BCUT2D eigenvalue weighted by Gasteiger charge is 2.34. The van der Waals surface area contributed by atoms with Crippen molar-refractivity contribution in [1.82, 2.24) is 20.2 Å². The Balaban J connectivity index is 1.64. The van der Waals surface area contributed by atoms with E-state index in [9.17, 15) is 21.6 Å². The van der Waals surface area contributed by atoms with Gasteiger partial charge in [-0.25, -0.2) is 18.4 Å². The van der Waals surface area contributed by atoms with Crippen LogP contribution in [0.15, 0.2) is 10.5 Å². The summed E-state index contributed by atoms with van der Waals surface area (Å²) in [7, 11) is -3.93. The van der Waals surface area contributed by atoms with Crippen molar-refractivity contribution in [1.29, 1.82) is 0 Å². The average molecular weight is 394 g/mol. The summed E-state index contributed by atoms with van der Waals surface area (Å²) < 4.78 is 62.2. The predicted molar refractivity (Wildman–Crippen MR) is 84.7 cm³/mol. The molecule has 1 saturated carbocycles. The van der Waals surface area contributed by atoms with Crippen LogP contribution in [0, 0.1) is 5.92 Å². The maximum atomic E-state index is 12.5. The second kappa shape index (κ2) is 7.02. The number of hydrogen-bond acceptors (Lipinski definition) is 6. The molecular weight excluding hydrogens is 377 g/mol. The Morgan fingerprint density at radius 3 is 2.60 bits per heavy atom. The Morgan fingerprint density at radius 1 is 1.24 bits per heavy atom. The number of aromatic amines is 1. The van der Waals surface area contributed by atoms with E-state index in [-0.39, 0.29) is 5.01 Å². The van der Waals surface area contributed by atoms with Gasteiger partial charge < -0.3 is 0 Å². The summed E-state index contributed by atoms with van der Waals surface area (Å²) in [5.74, 6) is 0.482. The molecule has 2 heterocycles. The number of nitrogens with one attached hydrogen (secondary N) is 1. The Kier molecular flexibility index (Phi) is 5.14. The topological polar surface area (TPSA) is 88.6 Å². The molecule has 25 heavy (non-hydrogen) atoms. The third-order valence-electron chi connectivity index (χ3n) is 4.21. The van der Waals surface area contributed by atoms with Gasteiger partial charge in [0.2, 0.25) is 9.84 Å². The van der Waals surface area contributed by atoms with Crippen molar-refractivity contribution in [2.45, 2.75) is 55.6 Å². The molecule has 1 aliphatic rings. The molecule has 1 N–H and O–H groups in total. The number of halogens is 3. The molecule has 0 atom stereocenters. The minimum atomic E-state index is -4.59. The third-order valence-corrected chi connectivity index (χ3v) is 6.63. The van der Waals surface area contributed by atoms with Crippen LogP contribution in [0.25, 0.3) is 0 Å². The molecule has 0 aromatic carbocycles. The van der Waals surface area contributed by atoms with E-state index >= 15 is 0 Å². The van der Waals surface area contributed by atoms with Crippen molar-refractivity contribution in [2.75, 3.05) is 0 Å². The van der Waals surface area contributed by atoms with E-state index in [4.69, 9.17) is 0 Å². The second-order valence-electron chi connectivity index (χ2n) is 6.14. The van der Waals surface area contributed by atoms with Gasteiger partial charge in [0.1, 0.15) is 16.6 Å². The number of aryl methyl sites for hydroxylation is 1. The molecule has 1 aliphatic carbocycles. The van der Waals surface area contributed by atoms with Gasteiger partial charge in [0, 0.05) is 11.8 Å². The molecule has 0 aliphatic heterocycles. The van der Waals surface area contributed by atoms with Crippen LogP contribution in [0.3, 0.4) is 0 Å². The summed E-state index contributed by atoms with van der Waals surface area (Å²) in [6.45, 7) is 0. The predicted octanol–water partition coefficient (Wildman–Crippen LogP) is 3.38. The summed E-state index contributed by atoms with van der Waals surface area (Å²) in [5.41, 5.74) is -1.09. The molecular formula is C14H17F3N4O2S2. The molecule has 3 rings (SSSR count). The first-order chi connectivity index (χ1) is 11.7. The van der Waals surface area contributed by atoms with Gasteiger partial charge in [-0.15, -0.1) is 16.4 Å². The van der Waals surface area contributed by atoms with Crippen molar-refractivity contribution < 1.29 is 21.6 Å². The van der Waals surface area contributed by atoms with Crippen molar-refractivity contribution in [2.24, 2.45) is 5.92 Å². The van der Waals surface area contributed by atoms with Crippen molar-refractivity contribution in [3.05, 3.63) is 21.9 Å². The molecule has 2 aromatic rings. The van der Waals surface area contributed by atoms with Crippen LogP contribution < -0.4 is 0 Å². The standard InChI is InChI=1S/C14H17F3N4O2S2/c15-14(16,17)10-7-24-12(18-10)8-25(22,23)13-19-11(20-21-13)6-5-9-3-1-2-4-9/h7,9H,1-6,8H2,(H,19,20,21). The van der Waals surface area contributed by atoms with E-state index in [0.717, 1.165) is 11.8 Å². The number of sulfone groups is 1. The Morgan fingerprint density at radius 2 is 1.96 bits per heavy atom. The van der Waals surface area contributed by atoms with Gasteiger partial charge in [0.05, 0.1) is 0 Å². The maximum Gasteiger partial charge on any atom is 0.434 e. The number of rotatable bonds is 6. The lowest BCUT2D eigenvalue weighted by molar-refractivity contribution is -0.140. The molecule has 0 saturated heterocycles. The van der Waals surface area contributed by atoms with Gasteiger partial charge in [-0.2, -0.15) is 13.2 Å². The van der Waals surface area contributed by atoms with Crippen LogP contribution in [0.5, 0.6) is 0 Å². The first-order valence-electron chi connectivity index (χ1n) is 7.90. The minimum absolute atomic E-state index is 0.135. The van der Waals surface area contributed by atoms with E-state index in [1.807, 2.05) is 0 Å². The molecule has 0 spiro atoms. The molecule has 1 fully saturated rings. The highest BCUT2D eigenvalue weighted by Crippen LogP contribution is 2.31. The minimum Gasteiger partial charge on any atom is -0.262 e. The van der Waals surface area contributed by atoms with Crippen LogP contribution in [0.2, 0.25) is 0 Å². The van der Waals surface area contributed by atoms with Gasteiger partial charge >= 0.3 is 6.18 Å². The first kappa shape index (κ1) is 18.3. The number of aromatic nitrogens is 4. The van der Waals surface area contributed by atoms with Gasteiger partial charge in [0.25, 0.3) is 5.16 Å². The fourth-order valence-corrected chi connectivity index (χ4v) is 5.18. The second-order valence-corrected chi connectivity index (χ2v) is 8.96. The highest BCUT2D eigenvalue weighted by molar-refractivity contribution is 7.90. The highest BCUT2D eigenvalue weighted by atomic mass is 32.2. The molecule has 2 aromatic heterocycles. The maximum absolute atomic E-state index is 12.5. The SMILES string of the molecule is O=S(=O)(Cc1nc(C(F)(F)F)cs1)c1n[nH]c(CCC2CCCC2)n1. The molecule has 11 heteroatoms. The number of thiazole rings is 1. The zero-order chi connectivity index (χ0) is 18.1. The van der Waals surface area contributed by atoms with Crippen LogP contribution in [-0.2, 0) is 28.2 Å². The van der Waals surface area contributed by atoms with Crippen LogP contribution in [0.4, 0.5) is 13.2 Å². The van der Waals surface area contributed by atoms with Gasteiger partial charge in [-0.1, -0.05) is 25.7 Å². The van der Waals surface area contributed by atoms with Crippen LogP contribution in [0.1, 0.15) is 48.6 Å². The van der Waals surface area contributed by atoms with Gasteiger partial charge in [-0.3, -0.25) is 5.10 Å². The summed E-state index contributed by atoms with van der Waals surface area (Å²) in [6, 6.07) is 0. The fourth-order valence-electron chi connectivity index (χ4n) is 2.90. The van der Waals surface area contributed by atoms with Crippen LogP contribution in [-0.4, -0.2) is 28.6 Å². The van der Waals surface area contributed by atoms with Crippen LogP contribution >= 0.6 is 11.3 Å². The van der Waals surface area contributed by atoms with E-state index in [2.05, 4.69) is 20.2 Å². The van der Waals surface area contributed by atoms with Crippen molar-refractivity contribution in [3.63, 3.8) is 0 Å². The molecule has 0 amide bonds. The number of nitrogens with zero attached hydrogens (tertiary/aromatic N) is 3. The zero-order valence-electron chi connectivity index (χ0n) is 13.2. The Labute approximate surface area is 146 Å². The zero-order valence-corrected chi connectivity index (χ0v) is 14.8. The number of alkyl halides is 3. The van der Waals surface area contributed by atoms with E-state index in [1.54, 1.807) is 0 Å². The third kappa shape index (κ3) is 4.57. The summed E-state index contributed by atoms with van der Waals surface area (Å²) in [4.78, 5) is 7.33. The van der Waals surface area contributed by atoms with E-state index < -0.39 is 32.6 Å². The monoisotopic (exact) mass is 394 g/mol. The fraction of sp³-hybridized carbons (Fsp3) is 0.643. The largest absolute Gasteiger partial charge is 0.434 e.